The van der Waals surface area contributed by atoms with E-state index in [-0.39, 0.29) is 36.6 Å². The number of amides is 3. The molecule has 0 aromatic heterocycles. The molecular weight excluding hydrogens is 431 g/mol. The molecule has 178 valence electrons. The zero-order valence-electron chi connectivity index (χ0n) is 19.4. The van der Waals surface area contributed by atoms with E-state index < -0.39 is 11.2 Å². The Bertz CT molecular complexity index is 1070. The van der Waals surface area contributed by atoms with Crippen molar-refractivity contribution in [1.29, 1.82) is 0 Å². The molecule has 0 radical (unpaired) electrons. The molecule has 3 fully saturated rings. The van der Waals surface area contributed by atoms with Crippen molar-refractivity contribution in [3.63, 3.8) is 0 Å². The summed E-state index contributed by atoms with van der Waals surface area (Å²) in [4.78, 5) is 43.6. The van der Waals surface area contributed by atoms with E-state index >= 15 is 0 Å². The number of rotatable bonds is 5. The lowest BCUT2D eigenvalue weighted by molar-refractivity contribution is -0.145. The minimum absolute atomic E-state index is 0.0714. The van der Waals surface area contributed by atoms with Gasteiger partial charge in [0.15, 0.2) is 0 Å². The number of imide groups is 1. The second-order valence-electron chi connectivity index (χ2n) is 10.0. The summed E-state index contributed by atoms with van der Waals surface area (Å²) in [5.74, 6) is -0.757. The minimum Gasteiger partial charge on any atom is -0.343 e. The van der Waals surface area contributed by atoms with Crippen molar-refractivity contribution in [2.75, 3.05) is 13.1 Å². The summed E-state index contributed by atoms with van der Waals surface area (Å²) in [5, 5.41) is 0. The molecule has 5 nitrogen and oxygen atoms in total. The SMILES string of the molecule is O=C(CC1(c2cccc(F)c2)CC(=O)N(C2CCCC2)C1=O)N1CCC(c2ccccc2)CC1. The summed E-state index contributed by atoms with van der Waals surface area (Å²) < 4.78 is 14.2. The summed E-state index contributed by atoms with van der Waals surface area (Å²) >= 11 is 0. The predicted octanol–water partition coefficient (Wildman–Crippen LogP) is 4.56. The lowest BCUT2D eigenvalue weighted by atomic mass is 9.75. The summed E-state index contributed by atoms with van der Waals surface area (Å²) in [6.45, 7) is 1.23. The number of hydrogen-bond acceptors (Lipinski definition) is 3. The van der Waals surface area contributed by atoms with E-state index in [0.29, 0.717) is 24.6 Å². The van der Waals surface area contributed by atoms with Gasteiger partial charge < -0.3 is 4.90 Å². The number of carbonyl (C=O) groups excluding carboxylic acids is 3. The van der Waals surface area contributed by atoms with Crippen LogP contribution in [0.3, 0.4) is 0 Å². The van der Waals surface area contributed by atoms with Gasteiger partial charge in [-0.05, 0) is 54.9 Å². The van der Waals surface area contributed by atoms with Crippen molar-refractivity contribution in [3.8, 4) is 0 Å². The molecule has 1 atom stereocenters. The second-order valence-corrected chi connectivity index (χ2v) is 10.0. The summed E-state index contributed by atoms with van der Waals surface area (Å²) in [7, 11) is 0. The second kappa shape index (κ2) is 9.32. The molecule has 2 saturated heterocycles. The lowest BCUT2D eigenvalue weighted by Gasteiger charge is -2.35. The Balaban J connectivity index is 1.37. The summed E-state index contributed by atoms with van der Waals surface area (Å²) in [6.07, 6.45) is 5.15. The van der Waals surface area contributed by atoms with E-state index in [9.17, 15) is 18.8 Å². The molecule has 2 heterocycles. The molecule has 0 spiro atoms. The van der Waals surface area contributed by atoms with E-state index in [1.807, 2.05) is 23.1 Å². The number of benzene rings is 2. The van der Waals surface area contributed by atoms with Crippen molar-refractivity contribution in [2.24, 2.45) is 0 Å². The van der Waals surface area contributed by atoms with Gasteiger partial charge in [-0.3, -0.25) is 19.3 Å². The van der Waals surface area contributed by atoms with Gasteiger partial charge >= 0.3 is 0 Å². The molecule has 1 saturated carbocycles. The molecule has 3 aliphatic rings. The fourth-order valence-electron chi connectivity index (χ4n) is 6.10. The highest BCUT2D eigenvalue weighted by Gasteiger charge is 2.56. The number of nitrogens with zero attached hydrogens (tertiary/aromatic N) is 2. The summed E-state index contributed by atoms with van der Waals surface area (Å²) in [5.41, 5.74) is 0.392. The van der Waals surface area contributed by atoms with Gasteiger partial charge in [-0.1, -0.05) is 55.3 Å². The van der Waals surface area contributed by atoms with Crippen LogP contribution in [0.5, 0.6) is 0 Å². The number of piperidine rings is 1. The monoisotopic (exact) mass is 462 g/mol. The first-order valence-corrected chi connectivity index (χ1v) is 12.4. The van der Waals surface area contributed by atoms with E-state index in [1.54, 1.807) is 12.1 Å². The molecule has 0 N–H and O–H groups in total. The Kier molecular flexibility index (Phi) is 6.24. The Morgan fingerprint density at radius 3 is 2.32 bits per heavy atom. The lowest BCUT2D eigenvalue weighted by Crippen LogP contribution is -2.47. The molecule has 34 heavy (non-hydrogen) atoms. The summed E-state index contributed by atoms with van der Waals surface area (Å²) in [6, 6.07) is 16.1. The van der Waals surface area contributed by atoms with Crippen molar-refractivity contribution < 1.29 is 18.8 Å². The first-order valence-electron chi connectivity index (χ1n) is 12.4. The zero-order chi connectivity index (χ0) is 23.7. The third-order valence-electron chi connectivity index (χ3n) is 7.99. The average Bonchev–Trinajstić information content (AvgIpc) is 3.46. The van der Waals surface area contributed by atoms with Crippen LogP contribution in [0.15, 0.2) is 54.6 Å². The van der Waals surface area contributed by atoms with Crippen LogP contribution in [0.2, 0.25) is 0 Å². The Morgan fingerprint density at radius 1 is 0.941 bits per heavy atom. The molecule has 2 aliphatic heterocycles. The zero-order valence-corrected chi connectivity index (χ0v) is 19.4. The van der Waals surface area contributed by atoms with Crippen LogP contribution in [0.1, 0.15) is 68.4 Å². The molecule has 1 aliphatic carbocycles. The minimum atomic E-state index is -1.32. The molecule has 5 rings (SSSR count). The van der Waals surface area contributed by atoms with Gasteiger partial charge in [0.1, 0.15) is 5.82 Å². The quantitative estimate of drug-likeness (QED) is 0.612. The van der Waals surface area contributed by atoms with Gasteiger partial charge in [-0.2, -0.15) is 0 Å². The van der Waals surface area contributed by atoms with E-state index in [0.717, 1.165) is 38.5 Å². The van der Waals surface area contributed by atoms with Gasteiger partial charge in [0, 0.05) is 32.0 Å². The number of halogens is 1. The van der Waals surface area contributed by atoms with Crippen molar-refractivity contribution in [2.45, 2.75) is 68.7 Å². The van der Waals surface area contributed by atoms with Gasteiger partial charge in [0.25, 0.3) is 0 Å². The predicted molar refractivity (Wildman–Crippen MR) is 126 cm³/mol. The highest BCUT2D eigenvalue weighted by Crippen LogP contribution is 2.43. The van der Waals surface area contributed by atoms with Gasteiger partial charge in [-0.25, -0.2) is 4.39 Å². The molecule has 1 unspecified atom stereocenters. The molecule has 2 aromatic rings. The van der Waals surface area contributed by atoms with Crippen molar-refractivity contribution >= 4 is 17.7 Å². The smallest absolute Gasteiger partial charge is 0.241 e. The standard InChI is InChI=1S/C28H31FN2O3/c29-23-10-6-9-22(17-23)28(19-26(33)31(27(28)34)24-11-4-5-12-24)18-25(32)30-15-13-21(14-16-30)20-7-2-1-3-8-20/h1-3,6-10,17,21,24H,4-5,11-16,18-19H2. The van der Waals surface area contributed by atoms with E-state index in [4.69, 9.17) is 0 Å². The maximum absolute atomic E-state index is 14.2. The molecule has 3 amide bonds. The Hall–Kier alpha value is -3.02. The largest absolute Gasteiger partial charge is 0.343 e. The molecular formula is C28H31FN2O3. The number of likely N-dealkylation sites (tertiary alicyclic amines) is 2. The van der Waals surface area contributed by atoms with Crippen LogP contribution in [0.4, 0.5) is 4.39 Å². The van der Waals surface area contributed by atoms with Gasteiger partial charge in [-0.15, -0.1) is 0 Å². The highest BCUT2D eigenvalue weighted by molar-refractivity contribution is 6.11. The number of hydrogen-bond donors (Lipinski definition) is 0. The van der Waals surface area contributed by atoms with Crippen molar-refractivity contribution in [3.05, 3.63) is 71.5 Å². The van der Waals surface area contributed by atoms with Crippen LogP contribution >= 0.6 is 0 Å². The third kappa shape index (κ3) is 4.15. The number of carbonyl (C=O) groups is 3. The highest BCUT2D eigenvalue weighted by atomic mass is 19.1. The van der Waals surface area contributed by atoms with Crippen LogP contribution in [0, 0.1) is 5.82 Å². The fraction of sp³-hybridized carbons (Fsp3) is 0.464. The van der Waals surface area contributed by atoms with Gasteiger partial charge in [0.2, 0.25) is 17.7 Å². The van der Waals surface area contributed by atoms with Crippen LogP contribution < -0.4 is 0 Å². The first kappa shape index (κ1) is 22.8. The maximum Gasteiger partial charge on any atom is 0.241 e. The van der Waals surface area contributed by atoms with Crippen LogP contribution in [-0.4, -0.2) is 46.7 Å². The maximum atomic E-state index is 14.2. The van der Waals surface area contributed by atoms with Gasteiger partial charge in [0.05, 0.1) is 5.41 Å². The van der Waals surface area contributed by atoms with E-state index in [1.165, 1.54) is 22.6 Å². The van der Waals surface area contributed by atoms with Crippen molar-refractivity contribution in [1.82, 2.24) is 9.80 Å². The molecule has 0 bridgehead atoms. The first-order chi connectivity index (χ1) is 16.5. The third-order valence-corrected chi connectivity index (χ3v) is 7.99. The Morgan fingerprint density at radius 2 is 1.65 bits per heavy atom. The molecule has 6 heteroatoms. The Labute approximate surface area is 199 Å². The topological polar surface area (TPSA) is 57.7 Å². The normalized spacial score (nSPS) is 24.3. The average molecular weight is 463 g/mol. The van der Waals surface area contributed by atoms with E-state index in [2.05, 4.69) is 12.1 Å². The van der Waals surface area contributed by atoms with Crippen LogP contribution in [0.25, 0.3) is 0 Å². The van der Waals surface area contributed by atoms with Crippen LogP contribution in [-0.2, 0) is 19.8 Å². The fourth-order valence-corrected chi connectivity index (χ4v) is 6.10. The molecule has 2 aromatic carbocycles.